The first-order valence-corrected chi connectivity index (χ1v) is 6.23. The summed E-state index contributed by atoms with van der Waals surface area (Å²) in [5.74, 6) is 0.456. The van der Waals surface area contributed by atoms with Gasteiger partial charge in [0, 0.05) is 16.2 Å². The van der Waals surface area contributed by atoms with E-state index in [2.05, 4.69) is 21.2 Å². The quantitative estimate of drug-likeness (QED) is 0.871. The second-order valence-corrected chi connectivity index (χ2v) is 4.66. The molecule has 0 unspecified atom stereocenters. The average molecular weight is 306 g/mol. The maximum atomic E-state index is 11.6. The molecule has 0 aliphatic heterocycles. The second kappa shape index (κ2) is 5.69. The van der Waals surface area contributed by atoms with E-state index in [0.29, 0.717) is 5.76 Å². The fraction of sp³-hybridized carbons (Fsp3) is 0.0714. The van der Waals surface area contributed by atoms with Crippen LogP contribution in [-0.4, -0.2) is 5.91 Å². The normalized spacial score (nSPS) is 10.8. The second-order valence-electron chi connectivity index (χ2n) is 3.80. The van der Waals surface area contributed by atoms with Crippen LogP contribution in [0, 0.1) is 6.92 Å². The lowest BCUT2D eigenvalue weighted by atomic mass is 10.2. The van der Waals surface area contributed by atoms with Gasteiger partial charge in [-0.1, -0.05) is 22.0 Å². The maximum absolute atomic E-state index is 11.6. The van der Waals surface area contributed by atoms with Gasteiger partial charge in [-0.25, -0.2) is 0 Å². The fourth-order valence-corrected chi connectivity index (χ4v) is 1.78. The Morgan fingerprint density at radius 1 is 1.39 bits per heavy atom. The summed E-state index contributed by atoms with van der Waals surface area (Å²) >= 11 is 3.42. The van der Waals surface area contributed by atoms with E-state index in [1.807, 2.05) is 25.1 Å². The summed E-state index contributed by atoms with van der Waals surface area (Å²) < 4.78 is 6.06. The van der Waals surface area contributed by atoms with Crippen LogP contribution in [0.1, 0.15) is 11.3 Å². The Kier molecular flexibility index (Phi) is 3.99. The van der Waals surface area contributed by atoms with E-state index in [0.717, 1.165) is 15.7 Å². The third-order valence-electron chi connectivity index (χ3n) is 2.38. The van der Waals surface area contributed by atoms with Gasteiger partial charge in [0.15, 0.2) is 0 Å². The SMILES string of the molecule is Cc1ccc(NC(=O)C=Cc2ccco2)cc1Br. The largest absolute Gasteiger partial charge is 0.465 e. The van der Waals surface area contributed by atoms with Gasteiger partial charge >= 0.3 is 0 Å². The zero-order valence-corrected chi connectivity index (χ0v) is 11.4. The summed E-state index contributed by atoms with van der Waals surface area (Å²) in [6, 6.07) is 9.23. The Labute approximate surface area is 114 Å². The highest BCUT2D eigenvalue weighted by Gasteiger charge is 2.00. The molecule has 1 amide bonds. The van der Waals surface area contributed by atoms with Crippen molar-refractivity contribution >= 4 is 33.6 Å². The molecule has 3 nitrogen and oxygen atoms in total. The molecular formula is C14H12BrNO2. The first-order valence-electron chi connectivity index (χ1n) is 5.44. The average Bonchev–Trinajstić information content (AvgIpc) is 2.84. The molecule has 1 N–H and O–H groups in total. The molecule has 0 radical (unpaired) electrons. The van der Waals surface area contributed by atoms with Gasteiger partial charge in [0.05, 0.1) is 6.26 Å². The van der Waals surface area contributed by atoms with Crippen molar-refractivity contribution in [3.05, 3.63) is 58.5 Å². The molecule has 1 aromatic carbocycles. The van der Waals surface area contributed by atoms with Crippen LogP contribution >= 0.6 is 15.9 Å². The molecule has 0 saturated carbocycles. The summed E-state index contributed by atoms with van der Waals surface area (Å²) in [5, 5.41) is 2.77. The van der Waals surface area contributed by atoms with Gasteiger partial charge in [-0.15, -0.1) is 0 Å². The summed E-state index contributed by atoms with van der Waals surface area (Å²) in [6.07, 6.45) is 4.62. The van der Waals surface area contributed by atoms with Crippen molar-refractivity contribution in [2.24, 2.45) is 0 Å². The monoisotopic (exact) mass is 305 g/mol. The predicted octanol–water partition coefficient (Wildman–Crippen LogP) is 4.00. The Bertz CT molecular complexity index is 573. The number of anilines is 1. The van der Waals surface area contributed by atoms with E-state index in [9.17, 15) is 4.79 Å². The van der Waals surface area contributed by atoms with Crippen molar-refractivity contribution in [3.63, 3.8) is 0 Å². The maximum Gasteiger partial charge on any atom is 0.248 e. The number of halogens is 1. The van der Waals surface area contributed by atoms with E-state index < -0.39 is 0 Å². The molecule has 1 heterocycles. The minimum absolute atomic E-state index is 0.192. The Morgan fingerprint density at radius 2 is 2.22 bits per heavy atom. The fourth-order valence-electron chi connectivity index (χ4n) is 1.40. The minimum Gasteiger partial charge on any atom is -0.465 e. The molecule has 0 aliphatic carbocycles. The van der Waals surface area contributed by atoms with E-state index in [4.69, 9.17) is 4.42 Å². The van der Waals surface area contributed by atoms with Crippen LogP contribution in [0.3, 0.4) is 0 Å². The molecule has 92 valence electrons. The predicted molar refractivity (Wildman–Crippen MR) is 75.3 cm³/mol. The molecule has 18 heavy (non-hydrogen) atoms. The first-order chi connectivity index (χ1) is 8.65. The van der Waals surface area contributed by atoms with Crippen molar-refractivity contribution in [2.75, 3.05) is 5.32 Å². The van der Waals surface area contributed by atoms with Crippen molar-refractivity contribution in [2.45, 2.75) is 6.92 Å². The third kappa shape index (κ3) is 3.34. The highest BCUT2D eigenvalue weighted by Crippen LogP contribution is 2.20. The molecule has 2 aromatic rings. The summed E-state index contributed by atoms with van der Waals surface area (Å²) in [4.78, 5) is 11.6. The Balaban J connectivity index is 2.01. The van der Waals surface area contributed by atoms with E-state index in [-0.39, 0.29) is 5.91 Å². The van der Waals surface area contributed by atoms with Gasteiger partial charge in [0.2, 0.25) is 5.91 Å². The van der Waals surface area contributed by atoms with Crippen molar-refractivity contribution in [3.8, 4) is 0 Å². The topological polar surface area (TPSA) is 42.2 Å². The number of benzene rings is 1. The molecule has 1 aromatic heterocycles. The molecule has 0 fully saturated rings. The smallest absolute Gasteiger partial charge is 0.248 e. The van der Waals surface area contributed by atoms with Gasteiger partial charge in [-0.05, 0) is 42.8 Å². The molecule has 0 aliphatic rings. The van der Waals surface area contributed by atoms with Crippen LogP contribution in [0.15, 0.2) is 51.6 Å². The number of aryl methyl sites for hydroxylation is 1. The number of hydrogen-bond acceptors (Lipinski definition) is 2. The lowest BCUT2D eigenvalue weighted by Gasteiger charge is -2.04. The van der Waals surface area contributed by atoms with Gasteiger partial charge < -0.3 is 9.73 Å². The summed E-state index contributed by atoms with van der Waals surface area (Å²) in [7, 11) is 0. The Morgan fingerprint density at radius 3 is 2.89 bits per heavy atom. The van der Waals surface area contributed by atoms with Gasteiger partial charge in [0.25, 0.3) is 0 Å². The van der Waals surface area contributed by atoms with Gasteiger partial charge in [-0.2, -0.15) is 0 Å². The molecule has 4 heteroatoms. The standard InChI is InChI=1S/C14H12BrNO2/c1-10-4-5-11(9-13(10)15)16-14(17)7-6-12-3-2-8-18-12/h2-9H,1H3,(H,16,17). The van der Waals surface area contributed by atoms with Gasteiger partial charge in [-0.3, -0.25) is 4.79 Å². The van der Waals surface area contributed by atoms with Crippen LogP contribution in [0.2, 0.25) is 0 Å². The van der Waals surface area contributed by atoms with E-state index >= 15 is 0 Å². The number of nitrogens with one attached hydrogen (secondary N) is 1. The molecular weight excluding hydrogens is 294 g/mol. The first kappa shape index (κ1) is 12.6. The van der Waals surface area contributed by atoms with E-state index in [1.165, 1.54) is 6.08 Å². The molecule has 0 spiro atoms. The number of rotatable bonds is 3. The zero-order valence-electron chi connectivity index (χ0n) is 9.81. The molecule has 0 atom stereocenters. The number of furan rings is 1. The molecule has 0 bridgehead atoms. The van der Waals surface area contributed by atoms with Crippen molar-refractivity contribution in [1.82, 2.24) is 0 Å². The van der Waals surface area contributed by atoms with E-state index in [1.54, 1.807) is 24.5 Å². The van der Waals surface area contributed by atoms with Crippen LogP contribution in [0.4, 0.5) is 5.69 Å². The van der Waals surface area contributed by atoms with Crippen molar-refractivity contribution in [1.29, 1.82) is 0 Å². The number of carbonyl (C=O) groups excluding carboxylic acids is 1. The highest BCUT2D eigenvalue weighted by molar-refractivity contribution is 9.10. The van der Waals surface area contributed by atoms with Gasteiger partial charge in [0.1, 0.15) is 5.76 Å². The molecule has 0 saturated heterocycles. The summed E-state index contributed by atoms with van der Waals surface area (Å²) in [5.41, 5.74) is 1.88. The zero-order chi connectivity index (χ0) is 13.0. The van der Waals surface area contributed by atoms with Crippen LogP contribution < -0.4 is 5.32 Å². The molecule has 2 rings (SSSR count). The van der Waals surface area contributed by atoms with Crippen LogP contribution in [0.25, 0.3) is 6.08 Å². The summed E-state index contributed by atoms with van der Waals surface area (Å²) in [6.45, 7) is 1.99. The number of carbonyl (C=O) groups is 1. The van der Waals surface area contributed by atoms with Crippen LogP contribution in [-0.2, 0) is 4.79 Å². The number of hydrogen-bond donors (Lipinski definition) is 1. The highest BCUT2D eigenvalue weighted by atomic mass is 79.9. The minimum atomic E-state index is -0.192. The van der Waals surface area contributed by atoms with Crippen LogP contribution in [0.5, 0.6) is 0 Å². The lowest BCUT2D eigenvalue weighted by Crippen LogP contribution is -2.07. The number of amides is 1. The Hall–Kier alpha value is -1.81. The lowest BCUT2D eigenvalue weighted by molar-refractivity contribution is -0.111. The van der Waals surface area contributed by atoms with Crippen molar-refractivity contribution < 1.29 is 9.21 Å². The third-order valence-corrected chi connectivity index (χ3v) is 3.24.